The van der Waals surface area contributed by atoms with Crippen LogP contribution in [0.15, 0.2) is 10.7 Å². The smallest absolute Gasteiger partial charge is 0.0992 e. The molecule has 1 N–H and O–H groups in total. The third-order valence-electron chi connectivity index (χ3n) is 2.41. The third-order valence-corrected chi connectivity index (χ3v) is 3.02. The van der Waals surface area contributed by atoms with Gasteiger partial charge in [-0.2, -0.15) is 5.10 Å². The van der Waals surface area contributed by atoms with Gasteiger partial charge in [0, 0.05) is 20.1 Å². The van der Waals surface area contributed by atoms with E-state index in [1.54, 1.807) is 18.0 Å². The van der Waals surface area contributed by atoms with E-state index in [0.717, 1.165) is 16.7 Å². The van der Waals surface area contributed by atoms with Gasteiger partial charge in [-0.1, -0.05) is 0 Å². The van der Waals surface area contributed by atoms with Crippen LogP contribution < -0.4 is 0 Å². The van der Waals surface area contributed by atoms with Crippen LogP contribution in [0, 0.1) is 0 Å². The van der Waals surface area contributed by atoms with Crippen LogP contribution in [0.1, 0.15) is 32.1 Å². The number of methoxy groups -OCH3 is 1. The molecule has 0 aromatic carbocycles. The summed E-state index contributed by atoms with van der Waals surface area (Å²) in [6.07, 6.45) is 1.77. The van der Waals surface area contributed by atoms with E-state index >= 15 is 0 Å². The van der Waals surface area contributed by atoms with E-state index in [-0.39, 0.29) is 6.10 Å². The summed E-state index contributed by atoms with van der Waals surface area (Å²) in [6, 6.07) is 0. The SMILES string of the molecule is CCn1ncc(Br)c1C(O)CC(C)OC. The second-order valence-electron chi connectivity index (χ2n) is 3.49. The first-order valence-electron chi connectivity index (χ1n) is 5.02. The average Bonchev–Trinajstić information content (AvgIpc) is 2.59. The van der Waals surface area contributed by atoms with Gasteiger partial charge in [0.1, 0.15) is 0 Å². The Morgan fingerprint density at radius 2 is 2.33 bits per heavy atom. The maximum absolute atomic E-state index is 10.0. The number of nitrogens with zero attached hydrogens (tertiary/aromatic N) is 2. The number of hydrogen-bond acceptors (Lipinski definition) is 3. The van der Waals surface area contributed by atoms with Gasteiger partial charge in [-0.3, -0.25) is 4.68 Å². The summed E-state index contributed by atoms with van der Waals surface area (Å²) in [4.78, 5) is 0. The molecule has 5 heteroatoms. The van der Waals surface area contributed by atoms with E-state index in [2.05, 4.69) is 21.0 Å². The minimum atomic E-state index is -0.545. The van der Waals surface area contributed by atoms with Crippen LogP contribution in [0.25, 0.3) is 0 Å². The van der Waals surface area contributed by atoms with Gasteiger partial charge in [0.2, 0.25) is 0 Å². The minimum Gasteiger partial charge on any atom is -0.387 e. The van der Waals surface area contributed by atoms with Crippen LogP contribution in [0.2, 0.25) is 0 Å². The highest BCUT2D eigenvalue weighted by atomic mass is 79.9. The van der Waals surface area contributed by atoms with Crippen molar-refractivity contribution in [1.29, 1.82) is 0 Å². The molecule has 0 aliphatic rings. The molecule has 2 atom stereocenters. The Morgan fingerprint density at radius 3 is 2.87 bits per heavy atom. The number of ether oxygens (including phenoxy) is 1. The molecule has 0 fully saturated rings. The van der Waals surface area contributed by atoms with Gasteiger partial charge in [0.25, 0.3) is 0 Å². The number of hydrogen-bond donors (Lipinski definition) is 1. The molecule has 0 amide bonds. The van der Waals surface area contributed by atoms with Crippen molar-refractivity contribution in [2.75, 3.05) is 7.11 Å². The largest absolute Gasteiger partial charge is 0.387 e. The fraction of sp³-hybridized carbons (Fsp3) is 0.700. The van der Waals surface area contributed by atoms with Crippen LogP contribution in [0.4, 0.5) is 0 Å². The molecule has 4 nitrogen and oxygen atoms in total. The maximum atomic E-state index is 10.0. The lowest BCUT2D eigenvalue weighted by Crippen LogP contribution is -2.15. The number of halogens is 1. The highest BCUT2D eigenvalue weighted by Gasteiger charge is 2.19. The topological polar surface area (TPSA) is 47.3 Å². The number of aliphatic hydroxyl groups excluding tert-OH is 1. The van der Waals surface area contributed by atoms with Crippen LogP contribution in [0.3, 0.4) is 0 Å². The Balaban J connectivity index is 2.80. The Hall–Kier alpha value is -0.390. The van der Waals surface area contributed by atoms with E-state index in [1.807, 2.05) is 13.8 Å². The van der Waals surface area contributed by atoms with Crippen molar-refractivity contribution in [3.05, 3.63) is 16.4 Å². The summed E-state index contributed by atoms with van der Waals surface area (Å²) in [5.41, 5.74) is 0.821. The van der Waals surface area contributed by atoms with Crippen LogP contribution in [-0.2, 0) is 11.3 Å². The van der Waals surface area contributed by atoms with E-state index in [1.165, 1.54) is 0 Å². The molecule has 0 radical (unpaired) electrons. The van der Waals surface area contributed by atoms with E-state index in [0.29, 0.717) is 6.42 Å². The number of aliphatic hydroxyl groups is 1. The first-order chi connectivity index (χ1) is 7.10. The first kappa shape index (κ1) is 12.7. The summed E-state index contributed by atoms with van der Waals surface area (Å²) in [5, 5.41) is 14.2. The van der Waals surface area contributed by atoms with Crippen molar-refractivity contribution in [2.45, 2.75) is 39.0 Å². The maximum Gasteiger partial charge on any atom is 0.0992 e. The zero-order valence-electron chi connectivity index (χ0n) is 9.27. The van der Waals surface area contributed by atoms with Crippen molar-refractivity contribution < 1.29 is 9.84 Å². The normalized spacial score (nSPS) is 15.3. The van der Waals surface area contributed by atoms with E-state index in [9.17, 15) is 5.11 Å². The Morgan fingerprint density at radius 1 is 1.67 bits per heavy atom. The Bertz CT molecular complexity index is 314. The number of aromatic nitrogens is 2. The second-order valence-corrected chi connectivity index (χ2v) is 4.35. The van der Waals surface area contributed by atoms with Crippen molar-refractivity contribution >= 4 is 15.9 Å². The quantitative estimate of drug-likeness (QED) is 0.896. The van der Waals surface area contributed by atoms with Gasteiger partial charge in [-0.15, -0.1) is 0 Å². The average molecular weight is 277 g/mol. The minimum absolute atomic E-state index is 0.0344. The molecule has 86 valence electrons. The monoisotopic (exact) mass is 276 g/mol. The highest BCUT2D eigenvalue weighted by Crippen LogP contribution is 2.26. The van der Waals surface area contributed by atoms with Crippen LogP contribution in [-0.4, -0.2) is 28.1 Å². The molecule has 0 bridgehead atoms. The molecule has 1 aromatic rings. The summed E-state index contributed by atoms with van der Waals surface area (Å²) in [6.45, 7) is 4.68. The molecule has 0 aliphatic heterocycles. The van der Waals surface area contributed by atoms with Gasteiger partial charge in [0.05, 0.1) is 28.6 Å². The molecule has 15 heavy (non-hydrogen) atoms. The highest BCUT2D eigenvalue weighted by molar-refractivity contribution is 9.10. The van der Waals surface area contributed by atoms with Gasteiger partial charge in [-0.25, -0.2) is 0 Å². The summed E-state index contributed by atoms with van der Waals surface area (Å²) in [5.74, 6) is 0. The molecule has 0 saturated carbocycles. The zero-order chi connectivity index (χ0) is 11.4. The van der Waals surface area contributed by atoms with E-state index in [4.69, 9.17) is 4.74 Å². The zero-order valence-corrected chi connectivity index (χ0v) is 10.9. The lowest BCUT2D eigenvalue weighted by atomic mass is 10.1. The van der Waals surface area contributed by atoms with Gasteiger partial charge < -0.3 is 9.84 Å². The van der Waals surface area contributed by atoms with Gasteiger partial charge in [0.15, 0.2) is 0 Å². The molecular weight excluding hydrogens is 260 g/mol. The fourth-order valence-electron chi connectivity index (χ4n) is 1.48. The first-order valence-corrected chi connectivity index (χ1v) is 5.81. The van der Waals surface area contributed by atoms with Crippen molar-refractivity contribution in [2.24, 2.45) is 0 Å². The summed E-state index contributed by atoms with van der Waals surface area (Å²) >= 11 is 3.39. The molecular formula is C10H17BrN2O2. The Kier molecular flexibility index (Phi) is 4.76. The molecule has 1 aromatic heterocycles. The molecule has 1 rings (SSSR count). The molecule has 2 unspecified atom stereocenters. The van der Waals surface area contributed by atoms with Crippen LogP contribution >= 0.6 is 15.9 Å². The number of rotatable bonds is 5. The van der Waals surface area contributed by atoms with E-state index < -0.39 is 6.10 Å². The van der Waals surface area contributed by atoms with Crippen LogP contribution in [0.5, 0.6) is 0 Å². The van der Waals surface area contributed by atoms with Gasteiger partial charge in [-0.05, 0) is 29.8 Å². The second kappa shape index (κ2) is 5.63. The lowest BCUT2D eigenvalue weighted by Gasteiger charge is -2.16. The van der Waals surface area contributed by atoms with Crippen molar-refractivity contribution in [1.82, 2.24) is 9.78 Å². The third kappa shape index (κ3) is 3.03. The summed E-state index contributed by atoms with van der Waals surface area (Å²) < 4.78 is 7.76. The fourth-order valence-corrected chi connectivity index (χ4v) is 2.04. The lowest BCUT2D eigenvalue weighted by molar-refractivity contribution is 0.0521. The molecule has 0 spiro atoms. The van der Waals surface area contributed by atoms with Crippen molar-refractivity contribution in [3.8, 4) is 0 Å². The molecule has 0 saturated heterocycles. The number of aryl methyl sites for hydroxylation is 1. The van der Waals surface area contributed by atoms with Crippen molar-refractivity contribution in [3.63, 3.8) is 0 Å². The molecule has 1 heterocycles. The predicted octanol–water partition coefficient (Wildman–Crippen LogP) is 2.12. The predicted molar refractivity (Wildman–Crippen MR) is 61.6 cm³/mol. The standard InChI is InChI=1S/C10H17BrN2O2/c1-4-13-10(8(11)6-12-13)9(14)5-7(2)15-3/h6-7,9,14H,4-5H2,1-3H3. The summed E-state index contributed by atoms with van der Waals surface area (Å²) in [7, 11) is 1.64. The Labute approximate surface area is 98.4 Å². The van der Waals surface area contributed by atoms with Gasteiger partial charge >= 0.3 is 0 Å². The molecule has 0 aliphatic carbocycles.